The van der Waals surface area contributed by atoms with Gasteiger partial charge in [0.25, 0.3) is 0 Å². The highest BCUT2D eigenvalue weighted by Crippen LogP contribution is 2.50. The van der Waals surface area contributed by atoms with E-state index >= 15 is 0 Å². The van der Waals surface area contributed by atoms with Gasteiger partial charge in [0.15, 0.2) is 5.58 Å². The average molecular weight is 744 g/mol. The Labute approximate surface area is 335 Å². The molecule has 0 N–H and O–H groups in total. The minimum atomic E-state index is -0.101. The molecule has 12 rings (SSSR count). The molecule has 0 saturated heterocycles. The van der Waals surface area contributed by atoms with Crippen LogP contribution in [0.4, 0.5) is 17.1 Å². The minimum absolute atomic E-state index is 0.101. The zero-order valence-electron chi connectivity index (χ0n) is 32.1. The molecule has 2 aromatic heterocycles. The smallest absolute Gasteiger partial charge is 0.227 e. The fraction of sp³-hybridized carbons (Fsp3) is 0.0556. The van der Waals surface area contributed by atoms with Crippen molar-refractivity contribution in [2.75, 3.05) is 4.90 Å². The number of hydrogen-bond acceptors (Lipinski definition) is 3. The van der Waals surface area contributed by atoms with Crippen molar-refractivity contribution < 1.29 is 4.42 Å². The molecule has 0 fully saturated rings. The van der Waals surface area contributed by atoms with Crippen LogP contribution in [0.2, 0.25) is 0 Å². The van der Waals surface area contributed by atoms with Gasteiger partial charge in [0.05, 0.1) is 16.7 Å². The highest BCUT2D eigenvalue weighted by molar-refractivity contribution is 6.20. The molecule has 0 aliphatic heterocycles. The summed E-state index contributed by atoms with van der Waals surface area (Å²) in [6.45, 7) is 4.71. The van der Waals surface area contributed by atoms with Crippen molar-refractivity contribution in [3.05, 3.63) is 199 Å². The normalized spacial score (nSPS) is 13.1. The Kier molecular flexibility index (Phi) is 6.94. The summed E-state index contributed by atoms with van der Waals surface area (Å²) in [7, 11) is 0. The molecule has 11 aromatic rings. The molecule has 0 atom stereocenters. The van der Waals surface area contributed by atoms with Gasteiger partial charge in [-0.15, -0.1) is 0 Å². The Hall–Kier alpha value is -7.43. The van der Waals surface area contributed by atoms with E-state index in [1.807, 2.05) is 30.3 Å². The lowest BCUT2D eigenvalue weighted by molar-refractivity contribution is 0.623. The number of benzene rings is 9. The molecule has 1 aliphatic carbocycles. The lowest BCUT2D eigenvalue weighted by atomic mass is 9.82. The maximum atomic E-state index is 6.63. The molecule has 0 unspecified atom stereocenters. The first-order valence-electron chi connectivity index (χ1n) is 20.0. The van der Waals surface area contributed by atoms with Crippen molar-refractivity contribution in [2.24, 2.45) is 0 Å². The lowest BCUT2D eigenvalue weighted by Crippen LogP contribution is -2.15. The first-order chi connectivity index (χ1) is 28.5. The van der Waals surface area contributed by atoms with Crippen LogP contribution in [-0.4, -0.2) is 9.55 Å². The molecular formula is C54H37N3O. The van der Waals surface area contributed by atoms with Crippen LogP contribution in [0.15, 0.2) is 192 Å². The average Bonchev–Trinajstić information content (AvgIpc) is 3.93. The summed E-state index contributed by atoms with van der Waals surface area (Å²) in [6, 6.07) is 67.8. The molecule has 0 radical (unpaired) electrons. The maximum Gasteiger partial charge on any atom is 0.227 e. The first-order valence-corrected chi connectivity index (χ1v) is 20.0. The number of para-hydroxylation sites is 2. The van der Waals surface area contributed by atoms with Gasteiger partial charge in [-0.2, -0.15) is 0 Å². The lowest BCUT2D eigenvalue weighted by Gasteiger charge is -2.27. The molecule has 274 valence electrons. The van der Waals surface area contributed by atoms with E-state index in [-0.39, 0.29) is 5.41 Å². The SMILES string of the molecule is CC1(C)c2ccccc2-c2ccc(-n3c4ccccc4c4c(N(c5ccccc5)c5ccc6ccc7ccc8nc(-c9ccccc9)oc8c7c6c5)cccc43)cc21. The van der Waals surface area contributed by atoms with Crippen LogP contribution in [0.3, 0.4) is 0 Å². The van der Waals surface area contributed by atoms with Crippen molar-refractivity contribution in [3.8, 4) is 28.3 Å². The topological polar surface area (TPSA) is 34.2 Å². The summed E-state index contributed by atoms with van der Waals surface area (Å²) in [4.78, 5) is 7.35. The Morgan fingerprint density at radius 1 is 0.517 bits per heavy atom. The summed E-state index contributed by atoms with van der Waals surface area (Å²) in [5.74, 6) is 0.627. The number of aromatic nitrogens is 2. The largest absolute Gasteiger partial charge is 0.435 e. The van der Waals surface area contributed by atoms with Crippen molar-refractivity contribution in [3.63, 3.8) is 0 Å². The van der Waals surface area contributed by atoms with Gasteiger partial charge in [0, 0.05) is 44.2 Å². The molecule has 4 heteroatoms. The second-order valence-electron chi connectivity index (χ2n) is 16.0. The standard InChI is InChI=1S/C54H37N3O/c1-54(2)44-20-11-9-18-40(44)41-30-29-39(33-45(41)54)57-47-21-12-10-19-42(47)51-48(22-13-23-49(51)57)56(37-16-7-4-8-17-37)38-28-26-34-24-25-35-27-31-46-52(50(35)43(34)32-38)58-53(55-46)36-14-5-3-6-15-36/h3-33H,1-2H3. The molecule has 4 nitrogen and oxygen atoms in total. The van der Waals surface area contributed by atoms with E-state index in [0.29, 0.717) is 5.89 Å². The minimum Gasteiger partial charge on any atom is -0.435 e. The quantitative estimate of drug-likeness (QED) is 0.165. The van der Waals surface area contributed by atoms with Gasteiger partial charge in [0.1, 0.15) is 5.52 Å². The molecular weight excluding hydrogens is 707 g/mol. The molecule has 1 aliphatic rings. The molecule has 0 spiro atoms. The van der Waals surface area contributed by atoms with Crippen molar-refractivity contribution in [2.45, 2.75) is 19.3 Å². The Morgan fingerprint density at radius 3 is 2.10 bits per heavy atom. The third-order valence-electron chi connectivity index (χ3n) is 12.4. The molecule has 0 bridgehead atoms. The van der Waals surface area contributed by atoms with Gasteiger partial charge in [-0.1, -0.05) is 129 Å². The van der Waals surface area contributed by atoms with Crippen molar-refractivity contribution in [1.82, 2.24) is 9.55 Å². The van der Waals surface area contributed by atoms with Crippen LogP contribution in [0.1, 0.15) is 25.0 Å². The summed E-state index contributed by atoms with van der Waals surface area (Å²) < 4.78 is 9.08. The summed E-state index contributed by atoms with van der Waals surface area (Å²) >= 11 is 0. The molecule has 2 heterocycles. The van der Waals surface area contributed by atoms with E-state index in [9.17, 15) is 0 Å². The summed E-state index contributed by atoms with van der Waals surface area (Å²) in [5, 5.41) is 6.86. The van der Waals surface area contributed by atoms with E-state index in [1.165, 1.54) is 38.5 Å². The van der Waals surface area contributed by atoms with Crippen LogP contribution in [-0.2, 0) is 5.41 Å². The third-order valence-corrected chi connectivity index (χ3v) is 12.4. The zero-order valence-corrected chi connectivity index (χ0v) is 32.1. The molecule has 0 saturated carbocycles. The fourth-order valence-electron chi connectivity index (χ4n) is 9.65. The zero-order chi connectivity index (χ0) is 38.5. The van der Waals surface area contributed by atoms with E-state index in [0.717, 1.165) is 66.5 Å². The number of hydrogen-bond donors (Lipinski definition) is 0. The van der Waals surface area contributed by atoms with Gasteiger partial charge in [-0.3, -0.25) is 0 Å². The van der Waals surface area contributed by atoms with E-state index in [1.54, 1.807) is 0 Å². The highest BCUT2D eigenvalue weighted by atomic mass is 16.3. The Balaban J connectivity index is 1.09. The van der Waals surface area contributed by atoms with E-state index < -0.39 is 0 Å². The molecule has 58 heavy (non-hydrogen) atoms. The van der Waals surface area contributed by atoms with Gasteiger partial charge < -0.3 is 13.9 Å². The molecule has 0 amide bonds. The second-order valence-corrected chi connectivity index (χ2v) is 16.0. The van der Waals surface area contributed by atoms with Crippen molar-refractivity contribution >= 4 is 71.5 Å². The van der Waals surface area contributed by atoms with E-state index in [4.69, 9.17) is 9.40 Å². The van der Waals surface area contributed by atoms with Crippen LogP contribution >= 0.6 is 0 Å². The van der Waals surface area contributed by atoms with Crippen molar-refractivity contribution in [1.29, 1.82) is 0 Å². The number of oxazole rings is 1. The van der Waals surface area contributed by atoms with Gasteiger partial charge in [-0.25, -0.2) is 4.98 Å². The van der Waals surface area contributed by atoms with Crippen LogP contribution in [0.5, 0.6) is 0 Å². The number of anilines is 3. The fourth-order valence-corrected chi connectivity index (χ4v) is 9.65. The monoisotopic (exact) mass is 743 g/mol. The van der Waals surface area contributed by atoms with E-state index in [2.05, 4.69) is 181 Å². The van der Waals surface area contributed by atoms with Gasteiger partial charge in [-0.05, 0) is 111 Å². The predicted octanol–water partition coefficient (Wildman–Crippen LogP) is 14.7. The number of nitrogens with zero attached hydrogens (tertiary/aromatic N) is 3. The Bertz CT molecular complexity index is 3430. The number of fused-ring (bicyclic) bond motifs is 11. The van der Waals surface area contributed by atoms with Crippen LogP contribution < -0.4 is 4.90 Å². The molecule has 9 aromatic carbocycles. The number of rotatable bonds is 5. The first kappa shape index (κ1) is 32.8. The van der Waals surface area contributed by atoms with Gasteiger partial charge in [0.2, 0.25) is 5.89 Å². The van der Waals surface area contributed by atoms with Crippen LogP contribution in [0.25, 0.3) is 82.7 Å². The predicted molar refractivity (Wildman–Crippen MR) is 241 cm³/mol. The third kappa shape index (κ3) is 4.72. The summed E-state index contributed by atoms with van der Waals surface area (Å²) in [5.41, 5.74) is 14.7. The highest BCUT2D eigenvalue weighted by Gasteiger charge is 2.35. The second kappa shape index (κ2) is 12.3. The summed E-state index contributed by atoms with van der Waals surface area (Å²) in [6.07, 6.45) is 0. The van der Waals surface area contributed by atoms with Crippen LogP contribution in [0, 0.1) is 0 Å². The Morgan fingerprint density at radius 2 is 1.22 bits per heavy atom. The van der Waals surface area contributed by atoms with Gasteiger partial charge >= 0.3 is 0 Å². The maximum absolute atomic E-state index is 6.63.